The first-order valence-electron chi connectivity index (χ1n) is 17.4. The molecule has 0 saturated carbocycles. The van der Waals surface area contributed by atoms with Gasteiger partial charge in [0.2, 0.25) is 0 Å². The summed E-state index contributed by atoms with van der Waals surface area (Å²) in [5.41, 5.74) is 16.7. The lowest BCUT2D eigenvalue weighted by Gasteiger charge is -2.33. The first kappa shape index (κ1) is 27.6. The number of hydrogen-bond donors (Lipinski definition) is 0. The van der Waals surface area contributed by atoms with E-state index in [9.17, 15) is 0 Å². The number of hydrogen-bond acceptors (Lipinski definition) is 3. The Morgan fingerprint density at radius 3 is 2.04 bits per heavy atom. The first-order chi connectivity index (χ1) is 24.8. The lowest BCUT2D eigenvalue weighted by molar-refractivity contribution is 0.669. The molecule has 8 aromatic rings. The van der Waals surface area contributed by atoms with Gasteiger partial charge in [-0.3, -0.25) is 0 Å². The summed E-state index contributed by atoms with van der Waals surface area (Å²) in [6.07, 6.45) is 7.05. The Hall–Kier alpha value is -6.32. The summed E-state index contributed by atoms with van der Waals surface area (Å²) in [4.78, 5) is 10.7. The van der Waals surface area contributed by atoms with Crippen LogP contribution >= 0.6 is 0 Å². The second-order valence-electron chi connectivity index (χ2n) is 13.5. The van der Waals surface area contributed by atoms with Gasteiger partial charge in [0.05, 0.1) is 22.4 Å². The van der Waals surface area contributed by atoms with E-state index < -0.39 is 5.41 Å². The third-order valence-electron chi connectivity index (χ3n) is 11.0. The fourth-order valence-electron chi connectivity index (χ4n) is 8.99. The van der Waals surface area contributed by atoms with E-state index in [-0.39, 0.29) is 0 Å². The molecule has 11 rings (SSSR count). The summed E-state index contributed by atoms with van der Waals surface area (Å²) >= 11 is 0. The van der Waals surface area contributed by atoms with Gasteiger partial charge in [-0.1, -0.05) is 140 Å². The summed E-state index contributed by atoms with van der Waals surface area (Å²) in [7, 11) is 0. The molecular weight excluding hydrogens is 609 g/mol. The lowest BCUT2D eigenvalue weighted by Crippen LogP contribution is -2.27. The Morgan fingerprint density at radius 1 is 0.500 bits per heavy atom. The molecule has 0 aliphatic heterocycles. The molecule has 0 N–H and O–H groups in total. The molecule has 2 heterocycles. The van der Waals surface area contributed by atoms with E-state index in [0.717, 1.165) is 62.9 Å². The second kappa shape index (κ2) is 10.3. The van der Waals surface area contributed by atoms with E-state index in [1.165, 1.54) is 44.5 Å². The van der Waals surface area contributed by atoms with Crippen molar-refractivity contribution in [2.45, 2.75) is 18.3 Å². The average Bonchev–Trinajstić information content (AvgIpc) is 3.82. The number of rotatable bonds is 3. The van der Waals surface area contributed by atoms with Crippen LogP contribution in [0.25, 0.3) is 72.5 Å². The van der Waals surface area contributed by atoms with Crippen molar-refractivity contribution < 1.29 is 4.42 Å². The zero-order valence-corrected chi connectivity index (χ0v) is 27.2. The smallest absolute Gasteiger partial charge is 0.164 e. The van der Waals surface area contributed by atoms with Crippen molar-refractivity contribution in [1.29, 1.82) is 0 Å². The van der Waals surface area contributed by atoms with Crippen molar-refractivity contribution in [3.05, 3.63) is 186 Å². The van der Waals surface area contributed by atoms with Crippen molar-refractivity contribution in [3.8, 4) is 45.0 Å². The molecule has 3 heteroatoms. The van der Waals surface area contributed by atoms with E-state index in [1.54, 1.807) is 0 Å². The van der Waals surface area contributed by atoms with Crippen LogP contribution in [-0.2, 0) is 5.41 Å². The fraction of sp³-hybridized carbons (Fsp3) is 0.0638. The van der Waals surface area contributed by atoms with E-state index in [0.29, 0.717) is 5.82 Å². The molecule has 2 aromatic heterocycles. The van der Waals surface area contributed by atoms with Crippen LogP contribution in [-0.4, -0.2) is 9.97 Å². The van der Waals surface area contributed by atoms with Crippen molar-refractivity contribution in [2.24, 2.45) is 0 Å². The van der Waals surface area contributed by atoms with Gasteiger partial charge in [0.15, 0.2) is 5.82 Å². The van der Waals surface area contributed by atoms with Crippen molar-refractivity contribution in [3.63, 3.8) is 0 Å². The quantitative estimate of drug-likeness (QED) is 0.193. The zero-order chi connectivity index (χ0) is 32.8. The Labute approximate surface area is 289 Å². The maximum Gasteiger partial charge on any atom is 0.164 e. The molecule has 0 amide bonds. The highest BCUT2D eigenvalue weighted by Crippen LogP contribution is 2.65. The molecule has 50 heavy (non-hydrogen) atoms. The Bertz CT molecular complexity index is 2770. The summed E-state index contributed by atoms with van der Waals surface area (Å²) in [5.74, 6) is 0.650. The van der Waals surface area contributed by atoms with Gasteiger partial charge in [0, 0.05) is 21.9 Å². The summed E-state index contributed by atoms with van der Waals surface area (Å²) in [6, 6.07) is 51.9. The van der Waals surface area contributed by atoms with Crippen LogP contribution in [0.5, 0.6) is 0 Å². The molecule has 3 aliphatic rings. The monoisotopic (exact) mass is 638 g/mol. The number of benzene rings is 6. The predicted octanol–water partition coefficient (Wildman–Crippen LogP) is 11.8. The van der Waals surface area contributed by atoms with Crippen LogP contribution in [0.2, 0.25) is 0 Å². The van der Waals surface area contributed by atoms with Gasteiger partial charge in [-0.25, -0.2) is 9.97 Å². The van der Waals surface area contributed by atoms with Gasteiger partial charge >= 0.3 is 0 Å². The lowest BCUT2D eigenvalue weighted by atomic mass is 9.68. The van der Waals surface area contributed by atoms with Crippen molar-refractivity contribution >= 4 is 27.5 Å². The molecule has 6 aromatic carbocycles. The van der Waals surface area contributed by atoms with Crippen LogP contribution in [0.1, 0.15) is 35.1 Å². The summed E-state index contributed by atoms with van der Waals surface area (Å²) in [6.45, 7) is 0. The molecule has 1 spiro atoms. The normalized spacial score (nSPS) is 17.0. The number of nitrogens with zero attached hydrogens (tertiary/aromatic N) is 2. The molecule has 0 saturated heterocycles. The third-order valence-corrected chi connectivity index (χ3v) is 11.0. The summed E-state index contributed by atoms with van der Waals surface area (Å²) in [5, 5.41) is 2.16. The highest BCUT2D eigenvalue weighted by Gasteiger charge is 2.54. The predicted molar refractivity (Wildman–Crippen MR) is 203 cm³/mol. The molecule has 1 unspecified atom stereocenters. The largest absolute Gasteiger partial charge is 0.455 e. The second-order valence-corrected chi connectivity index (χ2v) is 13.5. The van der Waals surface area contributed by atoms with Gasteiger partial charge < -0.3 is 4.42 Å². The van der Waals surface area contributed by atoms with Crippen molar-refractivity contribution in [1.82, 2.24) is 9.97 Å². The Morgan fingerprint density at radius 2 is 1.14 bits per heavy atom. The highest BCUT2D eigenvalue weighted by molar-refractivity contribution is 6.09. The molecule has 0 bridgehead atoms. The van der Waals surface area contributed by atoms with Crippen LogP contribution in [0.15, 0.2) is 168 Å². The average molecular weight is 639 g/mol. The minimum Gasteiger partial charge on any atom is -0.455 e. The minimum atomic E-state index is -0.442. The molecular formula is C47H30N2O. The van der Waals surface area contributed by atoms with E-state index in [1.807, 2.05) is 18.2 Å². The van der Waals surface area contributed by atoms with Crippen LogP contribution in [0.4, 0.5) is 0 Å². The third kappa shape index (κ3) is 3.64. The highest BCUT2D eigenvalue weighted by atomic mass is 16.3. The summed E-state index contributed by atoms with van der Waals surface area (Å²) < 4.78 is 6.53. The number of allylic oxidation sites excluding steroid dienone is 4. The zero-order valence-electron chi connectivity index (χ0n) is 27.2. The van der Waals surface area contributed by atoms with E-state index in [4.69, 9.17) is 14.4 Å². The topological polar surface area (TPSA) is 38.9 Å². The number of fused-ring (bicyclic) bond motifs is 13. The number of furan rings is 1. The van der Waals surface area contributed by atoms with Gasteiger partial charge in [0.25, 0.3) is 0 Å². The Balaban J connectivity index is 1.24. The molecule has 0 radical (unpaired) electrons. The SMILES string of the molecule is C1=C2C(=CCC1)C1(c3ccccc32)c2ccccc2-c2cccc(-c3cc(-c4ccccc4)nc(-c4cccc5c4oc4ccccc45)n3)c21. The molecule has 1 atom stereocenters. The molecule has 3 nitrogen and oxygen atoms in total. The molecule has 3 aliphatic carbocycles. The number of aromatic nitrogens is 2. The van der Waals surface area contributed by atoms with Gasteiger partial charge in [-0.05, 0) is 75.6 Å². The molecule has 234 valence electrons. The molecule has 0 fully saturated rings. The van der Waals surface area contributed by atoms with Gasteiger partial charge in [-0.15, -0.1) is 0 Å². The minimum absolute atomic E-state index is 0.442. The Kier molecular flexibility index (Phi) is 5.71. The van der Waals surface area contributed by atoms with Crippen LogP contribution < -0.4 is 0 Å². The van der Waals surface area contributed by atoms with Crippen LogP contribution in [0.3, 0.4) is 0 Å². The van der Waals surface area contributed by atoms with E-state index in [2.05, 4.69) is 140 Å². The first-order valence-corrected chi connectivity index (χ1v) is 17.4. The van der Waals surface area contributed by atoms with Gasteiger partial charge in [-0.2, -0.15) is 0 Å². The number of para-hydroxylation sites is 2. The van der Waals surface area contributed by atoms with E-state index >= 15 is 0 Å². The maximum atomic E-state index is 6.53. The van der Waals surface area contributed by atoms with Crippen LogP contribution in [0, 0.1) is 0 Å². The maximum absolute atomic E-state index is 6.53. The van der Waals surface area contributed by atoms with Gasteiger partial charge in [0.1, 0.15) is 11.2 Å². The van der Waals surface area contributed by atoms with Crippen molar-refractivity contribution in [2.75, 3.05) is 0 Å². The standard InChI is InChI=1S/C47H30N2O/c1-2-14-29(15-3-1)41-28-42(49-46(48-41)37-23-13-21-35-33-19-7-11-27-43(33)50-45(35)37)36-22-12-20-34-32-18-6-10-26-40(32)47(44(34)36)38-24-8-4-16-30(38)31-17-5-9-25-39(31)47/h1-4,6-8,10-28H,5,9H2. The fourth-order valence-corrected chi connectivity index (χ4v) is 8.99.